The molecule has 0 aliphatic heterocycles. The molecule has 0 amide bonds. The van der Waals surface area contributed by atoms with Crippen LogP contribution in [0.5, 0.6) is 0 Å². The van der Waals surface area contributed by atoms with Gasteiger partial charge in [0.25, 0.3) is 0 Å². The lowest BCUT2D eigenvalue weighted by molar-refractivity contribution is 1.10. The van der Waals surface area contributed by atoms with Crippen LogP contribution in [0.15, 0.2) is 36.5 Å². The highest BCUT2D eigenvalue weighted by Crippen LogP contribution is 2.26. The van der Waals surface area contributed by atoms with Crippen LogP contribution in [0, 0.1) is 25.2 Å². The minimum Gasteiger partial charge on any atom is -0.328 e. The second-order valence-electron chi connectivity index (χ2n) is 4.33. The van der Waals surface area contributed by atoms with E-state index in [-0.39, 0.29) is 0 Å². The average molecular weight is 237 g/mol. The maximum atomic E-state index is 9.22. The number of aromatic nitrogens is 1. The van der Waals surface area contributed by atoms with Gasteiger partial charge in [0.15, 0.2) is 5.82 Å². The third-order valence-corrected chi connectivity index (χ3v) is 2.99. The lowest BCUT2D eigenvalue weighted by Crippen LogP contribution is -2.13. The molecule has 0 unspecified atom stereocenters. The van der Waals surface area contributed by atoms with Crippen molar-refractivity contribution in [3.05, 3.63) is 53.2 Å². The molecule has 3 heteroatoms. The lowest BCUT2D eigenvalue weighted by Gasteiger charge is -2.20. The van der Waals surface area contributed by atoms with Gasteiger partial charge >= 0.3 is 0 Å². The van der Waals surface area contributed by atoms with Crippen LogP contribution in [0.1, 0.15) is 16.7 Å². The molecule has 0 fully saturated rings. The van der Waals surface area contributed by atoms with Crippen molar-refractivity contribution in [1.82, 2.24) is 4.98 Å². The summed E-state index contributed by atoms with van der Waals surface area (Å²) in [6.45, 7) is 3.97. The first-order chi connectivity index (χ1) is 8.63. The largest absolute Gasteiger partial charge is 0.328 e. The lowest BCUT2D eigenvalue weighted by atomic mass is 10.1. The molecule has 1 aromatic carbocycles. The highest BCUT2D eigenvalue weighted by atomic mass is 15.2. The molecular weight excluding hydrogens is 222 g/mol. The minimum absolute atomic E-state index is 0.626. The van der Waals surface area contributed by atoms with Crippen LogP contribution in [-0.4, -0.2) is 12.0 Å². The third kappa shape index (κ3) is 2.18. The predicted molar refractivity (Wildman–Crippen MR) is 72.9 cm³/mol. The monoisotopic (exact) mass is 237 g/mol. The number of benzene rings is 1. The number of nitrogens with zero attached hydrogens (tertiary/aromatic N) is 3. The molecule has 0 N–H and O–H groups in total. The van der Waals surface area contributed by atoms with Crippen molar-refractivity contribution in [2.75, 3.05) is 11.9 Å². The van der Waals surface area contributed by atoms with E-state index in [9.17, 15) is 5.26 Å². The Morgan fingerprint density at radius 3 is 2.39 bits per heavy atom. The van der Waals surface area contributed by atoms with Gasteiger partial charge in [-0.05, 0) is 37.6 Å². The van der Waals surface area contributed by atoms with Crippen LogP contribution in [0.4, 0.5) is 11.5 Å². The van der Waals surface area contributed by atoms with E-state index in [0.717, 1.165) is 11.3 Å². The summed E-state index contributed by atoms with van der Waals surface area (Å²) in [5.74, 6) is 0.696. The first-order valence-electron chi connectivity index (χ1n) is 5.79. The van der Waals surface area contributed by atoms with Crippen molar-refractivity contribution < 1.29 is 0 Å². The number of anilines is 2. The van der Waals surface area contributed by atoms with E-state index in [1.807, 2.05) is 49.2 Å². The number of nitriles is 1. The molecule has 0 atom stereocenters. The molecule has 2 aromatic rings. The summed E-state index contributed by atoms with van der Waals surface area (Å²) in [5.41, 5.74) is 3.81. The van der Waals surface area contributed by atoms with Gasteiger partial charge in [0.2, 0.25) is 0 Å². The minimum atomic E-state index is 0.626. The molecule has 0 bridgehead atoms. The SMILES string of the molecule is Cc1ccc(N(C)c2nccc(C)c2C#N)cc1. The maximum Gasteiger partial charge on any atom is 0.150 e. The summed E-state index contributed by atoms with van der Waals surface area (Å²) in [7, 11) is 1.92. The van der Waals surface area contributed by atoms with E-state index in [4.69, 9.17) is 0 Å². The Kier molecular flexibility index (Phi) is 3.29. The standard InChI is InChI=1S/C15H15N3/c1-11-4-6-13(7-5-11)18(3)15-14(10-16)12(2)8-9-17-15/h4-9H,1-3H3. The summed E-state index contributed by atoms with van der Waals surface area (Å²) in [4.78, 5) is 6.25. The molecule has 1 heterocycles. The summed E-state index contributed by atoms with van der Waals surface area (Å²) < 4.78 is 0. The summed E-state index contributed by atoms with van der Waals surface area (Å²) in [6, 6.07) is 12.2. The Labute approximate surface area is 107 Å². The number of hydrogen-bond acceptors (Lipinski definition) is 3. The molecule has 0 aliphatic rings. The smallest absolute Gasteiger partial charge is 0.150 e. The molecule has 1 aromatic heterocycles. The van der Waals surface area contributed by atoms with Gasteiger partial charge in [-0.1, -0.05) is 17.7 Å². The molecule has 18 heavy (non-hydrogen) atoms. The van der Waals surface area contributed by atoms with E-state index in [1.54, 1.807) is 6.20 Å². The molecule has 0 saturated carbocycles. The van der Waals surface area contributed by atoms with Gasteiger partial charge in [-0.25, -0.2) is 4.98 Å². The zero-order chi connectivity index (χ0) is 13.1. The Balaban J connectivity index is 2.46. The van der Waals surface area contributed by atoms with Gasteiger partial charge in [-0.3, -0.25) is 0 Å². The van der Waals surface area contributed by atoms with Crippen molar-refractivity contribution in [3.8, 4) is 6.07 Å². The number of hydrogen-bond donors (Lipinski definition) is 0. The van der Waals surface area contributed by atoms with Crippen LogP contribution in [-0.2, 0) is 0 Å². The first kappa shape index (κ1) is 12.1. The highest BCUT2D eigenvalue weighted by molar-refractivity contribution is 5.66. The number of aryl methyl sites for hydroxylation is 2. The normalized spacial score (nSPS) is 9.89. The highest BCUT2D eigenvalue weighted by Gasteiger charge is 2.12. The van der Waals surface area contributed by atoms with Gasteiger partial charge in [-0.15, -0.1) is 0 Å². The van der Waals surface area contributed by atoms with Crippen LogP contribution in [0.25, 0.3) is 0 Å². The van der Waals surface area contributed by atoms with Gasteiger partial charge < -0.3 is 4.90 Å². The molecule has 0 spiro atoms. The molecule has 0 saturated heterocycles. The van der Waals surface area contributed by atoms with Crippen LogP contribution in [0.2, 0.25) is 0 Å². The summed E-state index contributed by atoms with van der Waals surface area (Å²) in [6.07, 6.45) is 1.73. The summed E-state index contributed by atoms with van der Waals surface area (Å²) >= 11 is 0. The van der Waals surface area contributed by atoms with Crippen LogP contribution in [0.3, 0.4) is 0 Å². The van der Waals surface area contributed by atoms with Crippen molar-refractivity contribution in [1.29, 1.82) is 5.26 Å². The first-order valence-corrected chi connectivity index (χ1v) is 5.79. The molecule has 2 rings (SSSR count). The zero-order valence-electron chi connectivity index (χ0n) is 10.8. The fraction of sp³-hybridized carbons (Fsp3) is 0.200. The van der Waals surface area contributed by atoms with Gasteiger partial charge in [0, 0.05) is 18.9 Å². The Morgan fingerprint density at radius 2 is 1.78 bits per heavy atom. The van der Waals surface area contributed by atoms with Gasteiger partial charge in [0.05, 0.1) is 5.56 Å². The molecule has 3 nitrogen and oxygen atoms in total. The van der Waals surface area contributed by atoms with Crippen LogP contribution >= 0.6 is 0 Å². The van der Waals surface area contributed by atoms with Crippen LogP contribution < -0.4 is 4.90 Å². The van der Waals surface area contributed by atoms with E-state index in [0.29, 0.717) is 11.4 Å². The molecule has 0 aliphatic carbocycles. The van der Waals surface area contributed by atoms with E-state index in [1.165, 1.54) is 5.56 Å². The number of pyridine rings is 1. The Hall–Kier alpha value is -2.34. The third-order valence-electron chi connectivity index (χ3n) is 2.99. The second-order valence-corrected chi connectivity index (χ2v) is 4.33. The van der Waals surface area contributed by atoms with Crippen molar-refractivity contribution >= 4 is 11.5 Å². The van der Waals surface area contributed by atoms with E-state index in [2.05, 4.69) is 18.0 Å². The topological polar surface area (TPSA) is 39.9 Å². The van der Waals surface area contributed by atoms with Gasteiger partial charge in [-0.2, -0.15) is 5.26 Å². The maximum absolute atomic E-state index is 9.22. The van der Waals surface area contributed by atoms with Crippen molar-refractivity contribution in [2.24, 2.45) is 0 Å². The zero-order valence-corrected chi connectivity index (χ0v) is 10.8. The van der Waals surface area contributed by atoms with E-state index < -0.39 is 0 Å². The molecular formula is C15H15N3. The predicted octanol–water partition coefficient (Wildman–Crippen LogP) is 3.34. The van der Waals surface area contributed by atoms with Crippen molar-refractivity contribution in [3.63, 3.8) is 0 Å². The fourth-order valence-electron chi connectivity index (χ4n) is 1.83. The molecule has 0 radical (unpaired) electrons. The second kappa shape index (κ2) is 4.89. The average Bonchev–Trinajstić information content (AvgIpc) is 2.38. The number of rotatable bonds is 2. The molecule has 90 valence electrons. The Bertz CT molecular complexity index is 594. The Morgan fingerprint density at radius 1 is 1.11 bits per heavy atom. The van der Waals surface area contributed by atoms with Crippen molar-refractivity contribution in [2.45, 2.75) is 13.8 Å². The summed E-state index contributed by atoms with van der Waals surface area (Å²) in [5, 5.41) is 9.22. The quantitative estimate of drug-likeness (QED) is 0.804. The van der Waals surface area contributed by atoms with E-state index >= 15 is 0 Å². The van der Waals surface area contributed by atoms with Gasteiger partial charge in [0.1, 0.15) is 6.07 Å². The fourth-order valence-corrected chi connectivity index (χ4v) is 1.83.